The lowest BCUT2D eigenvalue weighted by molar-refractivity contribution is 0.304. The van der Waals surface area contributed by atoms with Crippen molar-refractivity contribution in [3.8, 4) is 0 Å². The summed E-state index contributed by atoms with van der Waals surface area (Å²) < 4.78 is 0. The van der Waals surface area contributed by atoms with Crippen LogP contribution in [0.4, 0.5) is 11.6 Å². The van der Waals surface area contributed by atoms with Crippen LogP contribution in [-0.2, 0) is 0 Å². The third-order valence-electron chi connectivity index (χ3n) is 3.71. The van der Waals surface area contributed by atoms with E-state index in [-0.39, 0.29) is 0 Å². The molecule has 4 heteroatoms. The maximum Gasteiger partial charge on any atom is 0.134 e. The number of anilines is 2. The minimum Gasteiger partial charge on any atom is -0.373 e. The molecular weight excluding hydrogens is 236 g/mol. The quantitative estimate of drug-likeness (QED) is 0.826. The molecule has 1 aromatic rings. The second-order valence-electron chi connectivity index (χ2n) is 5.88. The van der Waals surface area contributed by atoms with E-state index >= 15 is 0 Å². The summed E-state index contributed by atoms with van der Waals surface area (Å²) in [5.74, 6) is 4.62. The molecule has 0 aliphatic rings. The highest BCUT2D eigenvalue weighted by atomic mass is 15.1. The molecule has 19 heavy (non-hydrogen) atoms. The summed E-state index contributed by atoms with van der Waals surface area (Å²) in [4.78, 5) is 8.90. The molecule has 1 aromatic heterocycles. The Morgan fingerprint density at radius 3 is 1.95 bits per heavy atom. The van der Waals surface area contributed by atoms with Crippen LogP contribution in [0.2, 0.25) is 0 Å². The highest BCUT2D eigenvalue weighted by molar-refractivity contribution is 5.56. The van der Waals surface area contributed by atoms with Crippen molar-refractivity contribution in [3.63, 3.8) is 0 Å². The van der Waals surface area contributed by atoms with Gasteiger partial charge < -0.3 is 10.6 Å². The first-order valence-corrected chi connectivity index (χ1v) is 7.13. The summed E-state index contributed by atoms with van der Waals surface area (Å²) in [6.45, 7) is 14.1. The Morgan fingerprint density at radius 2 is 1.47 bits per heavy atom. The number of nitrogens with zero attached hydrogens (tertiary/aromatic N) is 2. The van der Waals surface area contributed by atoms with E-state index in [1.165, 1.54) is 0 Å². The van der Waals surface area contributed by atoms with Crippen LogP contribution in [0.25, 0.3) is 0 Å². The van der Waals surface area contributed by atoms with Crippen LogP contribution in [0.5, 0.6) is 0 Å². The van der Waals surface area contributed by atoms with Gasteiger partial charge in [0.1, 0.15) is 17.5 Å². The molecule has 0 unspecified atom stereocenters. The van der Waals surface area contributed by atoms with Crippen molar-refractivity contribution in [1.29, 1.82) is 0 Å². The fraction of sp³-hybridized carbons (Fsp3) is 0.733. The van der Waals surface area contributed by atoms with Crippen LogP contribution >= 0.6 is 0 Å². The van der Waals surface area contributed by atoms with E-state index in [1.807, 2.05) is 20.9 Å². The zero-order valence-corrected chi connectivity index (χ0v) is 13.3. The van der Waals surface area contributed by atoms with Crippen molar-refractivity contribution in [1.82, 2.24) is 9.97 Å². The van der Waals surface area contributed by atoms with Gasteiger partial charge in [0.15, 0.2) is 0 Å². The maximum atomic E-state index is 4.51. The second kappa shape index (κ2) is 6.73. The molecule has 0 fully saturated rings. The molecule has 1 heterocycles. The first kappa shape index (κ1) is 15.7. The third kappa shape index (κ3) is 4.08. The molecule has 0 spiro atoms. The number of rotatable bonds is 6. The van der Waals surface area contributed by atoms with Crippen LogP contribution in [0.1, 0.15) is 39.1 Å². The van der Waals surface area contributed by atoms with Gasteiger partial charge in [0.2, 0.25) is 0 Å². The van der Waals surface area contributed by atoms with Crippen molar-refractivity contribution < 1.29 is 0 Å². The van der Waals surface area contributed by atoms with E-state index in [0.717, 1.165) is 29.6 Å². The van der Waals surface area contributed by atoms with Gasteiger partial charge in [0, 0.05) is 19.2 Å². The first-order valence-electron chi connectivity index (χ1n) is 7.13. The van der Waals surface area contributed by atoms with Gasteiger partial charge in [-0.05, 0) is 31.6 Å². The van der Waals surface area contributed by atoms with Gasteiger partial charge in [-0.3, -0.25) is 0 Å². The summed E-state index contributed by atoms with van der Waals surface area (Å²) in [5.41, 5.74) is 1.08. The van der Waals surface area contributed by atoms with Crippen molar-refractivity contribution in [3.05, 3.63) is 11.4 Å². The Balaban J connectivity index is 2.85. The summed E-state index contributed by atoms with van der Waals surface area (Å²) >= 11 is 0. The molecule has 0 radical (unpaired) electrons. The highest BCUT2D eigenvalue weighted by Gasteiger charge is 2.18. The molecule has 0 saturated heterocycles. The van der Waals surface area contributed by atoms with E-state index in [9.17, 15) is 0 Å². The molecule has 0 bridgehead atoms. The Kier molecular flexibility index (Phi) is 5.58. The molecule has 0 aliphatic carbocycles. The zero-order valence-electron chi connectivity index (χ0n) is 13.3. The SMILES string of the molecule is CNc1nc(C)nc(NCC(C(C)C)C(C)C)c1C. The predicted octanol–water partition coefficient (Wildman–Crippen LogP) is 3.48. The Morgan fingerprint density at radius 1 is 0.947 bits per heavy atom. The van der Waals surface area contributed by atoms with Crippen LogP contribution in [-0.4, -0.2) is 23.6 Å². The van der Waals surface area contributed by atoms with E-state index in [1.54, 1.807) is 0 Å². The minimum absolute atomic E-state index is 0.646. The van der Waals surface area contributed by atoms with Crippen molar-refractivity contribution in [2.45, 2.75) is 41.5 Å². The average molecular weight is 264 g/mol. The number of hydrogen-bond donors (Lipinski definition) is 2. The predicted molar refractivity (Wildman–Crippen MR) is 82.7 cm³/mol. The van der Waals surface area contributed by atoms with Crippen LogP contribution in [0.3, 0.4) is 0 Å². The van der Waals surface area contributed by atoms with Crippen LogP contribution in [0, 0.1) is 31.6 Å². The van der Waals surface area contributed by atoms with Gasteiger partial charge in [0.05, 0.1) is 0 Å². The van der Waals surface area contributed by atoms with E-state index in [0.29, 0.717) is 17.8 Å². The topological polar surface area (TPSA) is 49.8 Å². The van der Waals surface area contributed by atoms with Gasteiger partial charge in [-0.25, -0.2) is 9.97 Å². The summed E-state index contributed by atoms with van der Waals surface area (Å²) in [5, 5.41) is 6.62. The van der Waals surface area contributed by atoms with Crippen molar-refractivity contribution >= 4 is 11.6 Å². The zero-order chi connectivity index (χ0) is 14.6. The Hall–Kier alpha value is -1.32. The van der Waals surface area contributed by atoms with E-state index < -0.39 is 0 Å². The number of nitrogens with one attached hydrogen (secondary N) is 2. The lowest BCUT2D eigenvalue weighted by Gasteiger charge is -2.26. The average Bonchev–Trinajstić information content (AvgIpc) is 2.32. The molecule has 108 valence electrons. The Bertz CT molecular complexity index is 405. The molecule has 0 saturated carbocycles. The lowest BCUT2D eigenvalue weighted by Crippen LogP contribution is -2.25. The maximum absolute atomic E-state index is 4.51. The molecule has 4 nitrogen and oxygen atoms in total. The van der Waals surface area contributed by atoms with Gasteiger partial charge >= 0.3 is 0 Å². The van der Waals surface area contributed by atoms with Crippen molar-refractivity contribution in [2.24, 2.45) is 17.8 Å². The highest BCUT2D eigenvalue weighted by Crippen LogP contribution is 2.23. The summed E-state index contributed by atoms with van der Waals surface area (Å²) in [6.07, 6.45) is 0. The largest absolute Gasteiger partial charge is 0.373 e. The standard InChI is InChI=1S/C15H28N4/c1-9(2)13(10(3)4)8-17-15-11(5)14(16-7)18-12(6)19-15/h9-10,13H,8H2,1-7H3,(H2,16,17,18,19). The third-order valence-corrected chi connectivity index (χ3v) is 3.71. The fourth-order valence-electron chi connectivity index (χ4n) is 2.50. The molecule has 0 aromatic carbocycles. The van der Waals surface area contributed by atoms with Gasteiger partial charge in [0.25, 0.3) is 0 Å². The first-order chi connectivity index (χ1) is 8.86. The smallest absolute Gasteiger partial charge is 0.134 e. The van der Waals surface area contributed by atoms with E-state index in [4.69, 9.17) is 0 Å². The fourth-order valence-corrected chi connectivity index (χ4v) is 2.50. The molecule has 1 rings (SSSR count). The molecule has 0 atom stereocenters. The monoisotopic (exact) mass is 264 g/mol. The number of hydrogen-bond acceptors (Lipinski definition) is 4. The minimum atomic E-state index is 0.646. The second-order valence-corrected chi connectivity index (χ2v) is 5.88. The number of aromatic nitrogens is 2. The van der Waals surface area contributed by atoms with Crippen LogP contribution in [0.15, 0.2) is 0 Å². The summed E-state index contributed by atoms with van der Waals surface area (Å²) in [6, 6.07) is 0. The van der Waals surface area contributed by atoms with E-state index in [2.05, 4.69) is 48.3 Å². The molecular formula is C15H28N4. The molecule has 2 N–H and O–H groups in total. The summed E-state index contributed by atoms with van der Waals surface area (Å²) in [7, 11) is 1.89. The molecule has 0 amide bonds. The van der Waals surface area contributed by atoms with Gasteiger partial charge in [-0.1, -0.05) is 27.7 Å². The van der Waals surface area contributed by atoms with Crippen molar-refractivity contribution in [2.75, 3.05) is 24.2 Å². The lowest BCUT2D eigenvalue weighted by atomic mass is 9.85. The number of aryl methyl sites for hydroxylation is 1. The van der Waals surface area contributed by atoms with Gasteiger partial charge in [-0.15, -0.1) is 0 Å². The molecule has 0 aliphatic heterocycles. The normalized spacial score (nSPS) is 11.5. The van der Waals surface area contributed by atoms with Crippen LogP contribution < -0.4 is 10.6 Å². The Labute approximate surface area is 117 Å². The van der Waals surface area contributed by atoms with Gasteiger partial charge in [-0.2, -0.15) is 0 Å².